The predicted octanol–water partition coefficient (Wildman–Crippen LogP) is 4.59. The van der Waals surface area contributed by atoms with Gasteiger partial charge in [0.2, 0.25) is 5.91 Å². The maximum Gasteiger partial charge on any atom is 0.264 e. The van der Waals surface area contributed by atoms with Gasteiger partial charge in [0.25, 0.3) is 10.0 Å². The molecule has 1 amide bonds. The van der Waals surface area contributed by atoms with E-state index in [4.69, 9.17) is 25.8 Å². The van der Waals surface area contributed by atoms with Crippen LogP contribution in [0.25, 0.3) is 0 Å². The van der Waals surface area contributed by atoms with Crippen LogP contribution in [-0.2, 0) is 14.8 Å². The summed E-state index contributed by atoms with van der Waals surface area (Å²) in [5.41, 5.74) is 0.570. The quantitative estimate of drug-likeness (QED) is 0.434. The molecule has 0 saturated heterocycles. The zero-order valence-electron chi connectivity index (χ0n) is 18.9. The number of para-hydroxylation sites is 2. The Morgan fingerprint density at radius 1 is 0.971 bits per heavy atom. The second-order valence-electron chi connectivity index (χ2n) is 6.98. The zero-order chi connectivity index (χ0) is 24.7. The van der Waals surface area contributed by atoms with Gasteiger partial charge in [0.15, 0.2) is 0 Å². The normalized spacial score (nSPS) is 10.9. The van der Waals surface area contributed by atoms with Crippen molar-refractivity contribution in [2.45, 2.75) is 11.8 Å². The molecule has 0 aliphatic carbocycles. The summed E-state index contributed by atoms with van der Waals surface area (Å²) in [6, 6.07) is 17.3. The van der Waals surface area contributed by atoms with Crippen LogP contribution in [0.5, 0.6) is 17.2 Å². The molecule has 3 aromatic carbocycles. The van der Waals surface area contributed by atoms with Crippen LogP contribution in [0.4, 0.5) is 11.4 Å². The summed E-state index contributed by atoms with van der Waals surface area (Å²) in [6.45, 7) is 1.59. The fourth-order valence-corrected chi connectivity index (χ4v) is 4.76. The largest absolute Gasteiger partial charge is 0.497 e. The number of anilines is 2. The summed E-state index contributed by atoms with van der Waals surface area (Å²) in [6.07, 6.45) is 0. The molecular formula is C24H25ClN2O6S. The van der Waals surface area contributed by atoms with Gasteiger partial charge in [0.1, 0.15) is 23.8 Å². The Morgan fingerprint density at radius 2 is 1.68 bits per heavy atom. The van der Waals surface area contributed by atoms with Crippen molar-refractivity contribution in [3.05, 3.63) is 71.8 Å². The number of halogens is 1. The first kappa shape index (κ1) is 25.2. The highest BCUT2D eigenvalue weighted by molar-refractivity contribution is 7.92. The molecule has 8 nitrogen and oxygen atoms in total. The van der Waals surface area contributed by atoms with Gasteiger partial charge in [-0.15, -0.1) is 0 Å². The van der Waals surface area contributed by atoms with Crippen molar-refractivity contribution in [3.8, 4) is 17.2 Å². The van der Waals surface area contributed by atoms with Crippen LogP contribution in [0.1, 0.15) is 6.92 Å². The van der Waals surface area contributed by atoms with Crippen LogP contribution < -0.4 is 23.8 Å². The van der Waals surface area contributed by atoms with Crippen molar-refractivity contribution in [2.24, 2.45) is 0 Å². The van der Waals surface area contributed by atoms with Gasteiger partial charge in [-0.25, -0.2) is 8.42 Å². The minimum absolute atomic E-state index is 0.0186. The Labute approximate surface area is 204 Å². The van der Waals surface area contributed by atoms with Crippen LogP contribution in [0.15, 0.2) is 71.6 Å². The molecule has 0 radical (unpaired) electrons. The van der Waals surface area contributed by atoms with Gasteiger partial charge in [0.05, 0.1) is 37.1 Å². The Hall–Kier alpha value is -3.43. The van der Waals surface area contributed by atoms with E-state index in [9.17, 15) is 13.2 Å². The molecule has 0 bridgehead atoms. The second-order valence-corrected chi connectivity index (χ2v) is 9.28. The number of nitrogens with zero attached hydrogens (tertiary/aromatic N) is 1. The molecule has 0 heterocycles. The minimum atomic E-state index is -4.15. The molecular weight excluding hydrogens is 480 g/mol. The van der Waals surface area contributed by atoms with E-state index in [-0.39, 0.29) is 10.6 Å². The Kier molecular flexibility index (Phi) is 8.25. The molecule has 0 fully saturated rings. The van der Waals surface area contributed by atoms with E-state index in [1.54, 1.807) is 49.4 Å². The number of carbonyl (C=O) groups excluding carboxylic acids is 1. The van der Waals surface area contributed by atoms with Gasteiger partial charge in [-0.1, -0.05) is 23.7 Å². The van der Waals surface area contributed by atoms with Gasteiger partial charge < -0.3 is 19.5 Å². The fourth-order valence-electron chi connectivity index (χ4n) is 3.21. The number of hydrogen-bond acceptors (Lipinski definition) is 6. The number of carbonyl (C=O) groups is 1. The first-order valence-electron chi connectivity index (χ1n) is 10.3. The van der Waals surface area contributed by atoms with Crippen molar-refractivity contribution in [1.29, 1.82) is 0 Å². The molecule has 0 spiro atoms. The molecule has 0 aliphatic rings. The van der Waals surface area contributed by atoms with Crippen LogP contribution >= 0.6 is 11.6 Å². The molecule has 0 unspecified atom stereocenters. The fraction of sp³-hybridized carbons (Fsp3) is 0.208. The summed E-state index contributed by atoms with van der Waals surface area (Å²) in [5.74, 6) is 0.643. The van der Waals surface area contributed by atoms with E-state index in [2.05, 4.69) is 5.32 Å². The Bertz CT molecular complexity index is 1250. The van der Waals surface area contributed by atoms with Crippen LogP contribution in [0.2, 0.25) is 5.02 Å². The number of benzene rings is 3. The molecule has 0 saturated carbocycles. The third-order valence-electron chi connectivity index (χ3n) is 4.80. The number of ether oxygens (including phenoxy) is 3. The first-order chi connectivity index (χ1) is 16.3. The maximum absolute atomic E-state index is 13.6. The SMILES string of the molecule is CCOc1ccccc1N(CC(=O)Nc1cc(OC)ccc1OC)S(=O)(=O)c1ccc(Cl)cc1. The molecule has 0 aliphatic heterocycles. The highest BCUT2D eigenvalue weighted by Gasteiger charge is 2.29. The van der Waals surface area contributed by atoms with E-state index in [1.165, 1.54) is 38.5 Å². The number of hydrogen-bond donors (Lipinski definition) is 1. The Morgan fingerprint density at radius 3 is 2.32 bits per heavy atom. The van der Waals surface area contributed by atoms with Crippen LogP contribution in [0.3, 0.4) is 0 Å². The van der Waals surface area contributed by atoms with Crippen LogP contribution in [-0.4, -0.2) is 41.7 Å². The summed E-state index contributed by atoms with van der Waals surface area (Å²) in [7, 11) is -1.19. The third kappa shape index (κ3) is 5.73. The average Bonchev–Trinajstić information content (AvgIpc) is 2.83. The molecule has 0 atom stereocenters. The number of nitrogens with one attached hydrogen (secondary N) is 1. The topological polar surface area (TPSA) is 94.2 Å². The lowest BCUT2D eigenvalue weighted by Crippen LogP contribution is -2.38. The molecule has 34 heavy (non-hydrogen) atoms. The second kappa shape index (κ2) is 11.1. The third-order valence-corrected chi connectivity index (χ3v) is 6.83. The van der Waals surface area contributed by atoms with Gasteiger partial charge in [0, 0.05) is 11.1 Å². The van der Waals surface area contributed by atoms with Crippen molar-refractivity contribution in [2.75, 3.05) is 37.0 Å². The van der Waals surface area contributed by atoms with Crippen LogP contribution in [0, 0.1) is 0 Å². The zero-order valence-corrected chi connectivity index (χ0v) is 20.5. The smallest absolute Gasteiger partial charge is 0.264 e. The highest BCUT2D eigenvalue weighted by Crippen LogP contribution is 2.33. The van der Waals surface area contributed by atoms with Gasteiger partial charge >= 0.3 is 0 Å². The maximum atomic E-state index is 13.6. The minimum Gasteiger partial charge on any atom is -0.497 e. The van der Waals surface area contributed by atoms with E-state index in [1.807, 2.05) is 0 Å². The van der Waals surface area contributed by atoms with Gasteiger partial charge in [-0.2, -0.15) is 0 Å². The van der Waals surface area contributed by atoms with Gasteiger partial charge in [-0.05, 0) is 55.5 Å². The predicted molar refractivity (Wildman–Crippen MR) is 132 cm³/mol. The molecule has 180 valence electrons. The standard InChI is InChI=1S/C24H25ClN2O6S/c1-4-33-23-8-6-5-7-21(23)27(34(29,30)19-12-9-17(25)10-13-19)16-24(28)26-20-15-18(31-2)11-14-22(20)32-3/h5-15H,4,16H2,1-3H3,(H,26,28). The summed E-state index contributed by atoms with van der Waals surface area (Å²) >= 11 is 5.94. The average molecular weight is 505 g/mol. The molecule has 0 aromatic heterocycles. The van der Waals surface area contributed by atoms with Crippen molar-refractivity contribution in [3.63, 3.8) is 0 Å². The van der Waals surface area contributed by atoms with E-state index in [0.29, 0.717) is 34.6 Å². The summed E-state index contributed by atoms with van der Waals surface area (Å²) in [4.78, 5) is 13.1. The lowest BCUT2D eigenvalue weighted by molar-refractivity contribution is -0.114. The van der Waals surface area contributed by atoms with E-state index in [0.717, 1.165) is 4.31 Å². The molecule has 1 N–H and O–H groups in total. The lowest BCUT2D eigenvalue weighted by atomic mass is 10.2. The van der Waals surface area contributed by atoms with Gasteiger partial charge in [-0.3, -0.25) is 9.10 Å². The number of sulfonamides is 1. The van der Waals surface area contributed by atoms with Crippen molar-refractivity contribution >= 4 is 38.9 Å². The van der Waals surface area contributed by atoms with E-state index < -0.39 is 22.5 Å². The highest BCUT2D eigenvalue weighted by atomic mass is 35.5. The number of amides is 1. The first-order valence-corrected chi connectivity index (χ1v) is 12.1. The van der Waals surface area contributed by atoms with Crippen molar-refractivity contribution in [1.82, 2.24) is 0 Å². The molecule has 3 aromatic rings. The number of rotatable bonds is 10. The number of methoxy groups -OCH3 is 2. The summed E-state index contributed by atoms with van der Waals surface area (Å²) < 4.78 is 44.4. The summed E-state index contributed by atoms with van der Waals surface area (Å²) in [5, 5.41) is 3.10. The van der Waals surface area contributed by atoms with Crippen molar-refractivity contribution < 1.29 is 27.4 Å². The Balaban J connectivity index is 2.01. The monoisotopic (exact) mass is 504 g/mol. The lowest BCUT2D eigenvalue weighted by Gasteiger charge is -2.26. The van der Waals surface area contributed by atoms with E-state index >= 15 is 0 Å². The molecule has 10 heteroatoms. The molecule has 3 rings (SSSR count).